The number of methoxy groups -OCH3 is 1. The molecule has 0 atom stereocenters. The molecule has 0 saturated carbocycles. The lowest BCUT2D eigenvalue weighted by atomic mass is 10.2. The van der Waals surface area contributed by atoms with Gasteiger partial charge in [-0.05, 0) is 36.8 Å². The van der Waals surface area contributed by atoms with Crippen molar-refractivity contribution in [2.75, 3.05) is 7.11 Å². The van der Waals surface area contributed by atoms with Gasteiger partial charge in [-0.15, -0.1) is 0 Å². The number of nitrogens with one attached hydrogen (secondary N) is 1. The van der Waals surface area contributed by atoms with E-state index in [4.69, 9.17) is 4.74 Å². The third-order valence-electron chi connectivity index (χ3n) is 5.33. The monoisotopic (exact) mass is 431 g/mol. The first kappa shape index (κ1) is 21.3. The van der Waals surface area contributed by atoms with Gasteiger partial charge in [0.05, 0.1) is 18.5 Å². The minimum atomic E-state index is -0.227. The van der Waals surface area contributed by atoms with E-state index in [-0.39, 0.29) is 24.3 Å². The number of benzene rings is 2. The molecule has 8 heteroatoms. The summed E-state index contributed by atoms with van der Waals surface area (Å²) in [4.78, 5) is 29.9. The number of fused-ring (bicyclic) bond motifs is 1. The first-order valence-corrected chi connectivity index (χ1v) is 10.4. The molecule has 1 N–H and O–H groups in total. The minimum Gasteiger partial charge on any atom is -0.497 e. The summed E-state index contributed by atoms with van der Waals surface area (Å²) >= 11 is 0. The van der Waals surface area contributed by atoms with Crippen LogP contribution in [0.15, 0.2) is 59.4 Å². The molecule has 2 aromatic heterocycles. The largest absolute Gasteiger partial charge is 0.497 e. The van der Waals surface area contributed by atoms with Crippen molar-refractivity contribution in [1.82, 2.24) is 24.6 Å². The zero-order chi connectivity index (χ0) is 22.7. The Bertz CT molecular complexity index is 1320. The Labute approximate surface area is 185 Å². The van der Waals surface area contributed by atoms with Crippen LogP contribution in [0.25, 0.3) is 16.9 Å². The molecule has 0 unspecified atom stereocenters. The maximum Gasteiger partial charge on any atom is 0.273 e. The second-order valence-corrected chi connectivity index (χ2v) is 7.56. The fraction of sp³-hybridized carbons (Fsp3) is 0.250. The van der Waals surface area contributed by atoms with Crippen LogP contribution in [0, 0.1) is 6.92 Å². The van der Waals surface area contributed by atoms with Crippen LogP contribution in [0.2, 0.25) is 0 Å². The second kappa shape index (κ2) is 9.05. The Morgan fingerprint density at radius 2 is 1.91 bits per heavy atom. The normalized spacial score (nSPS) is 11.0. The van der Waals surface area contributed by atoms with Crippen LogP contribution in [0.3, 0.4) is 0 Å². The van der Waals surface area contributed by atoms with E-state index in [1.165, 1.54) is 0 Å². The number of para-hydroxylation sites is 1. The van der Waals surface area contributed by atoms with Crippen LogP contribution in [0.1, 0.15) is 23.4 Å². The molecule has 8 nitrogen and oxygen atoms in total. The highest BCUT2D eigenvalue weighted by molar-refractivity contribution is 5.77. The summed E-state index contributed by atoms with van der Waals surface area (Å²) in [6.07, 6.45) is 0.423. The van der Waals surface area contributed by atoms with E-state index in [1.807, 2.05) is 61.5 Å². The van der Waals surface area contributed by atoms with Crippen LogP contribution in [-0.2, 0) is 24.8 Å². The van der Waals surface area contributed by atoms with Gasteiger partial charge in [-0.25, -0.2) is 9.67 Å². The van der Waals surface area contributed by atoms with Gasteiger partial charge in [0.15, 0.2) is 5.65 Å². The van der Waals surface area contributed by atoms with Crippen molar-refractivity contribution in [3.05, 3.63) is 81.9 Å². The number of amides is 1. The van der Waals surface area contributed by atoms with Crippen LogP contribution in [-0.4, -0.2) is 32.3 Å². The Morgan fingerprint density at radius 1 is 1.12 bits per heavy atom. The standard InChI is InChI=1S/C24H25N5O3/c1-16-22-23(29(27-16)18-9-5-4-6-10-18)28(2)24(31)20(26-22)12-13-21(30)25-15-17-8-7-11-19(14-17)32-3/h4-11,14H,12-13,15H2,1-3H3,(H,25,30). The van der Waals surface area contributed by atoms with Crippen LogP contribution < -0.4 is 15.6 Å². The lowest BCUT2D eigenvalue weighted by molar-refractivity contribution is -0.121. The Balaban J connectivity index is 1.51. The summed E-state index contributed by atoms with van der Waals surface area (Å²) in [7, 11) is 3.31. The highest BCUT2D eigenvalue weighted by atomic mass is 16.5. The molecule has 4 aromatic rings. The SMILES string of the molecule is COc1cccc(CNC(=O)CCc2nc3c(C)nn(-c4ccccc4)c3n(C)c2=O)c1. The molecule has 0 bridgehead atoms. The maximum absolute atomic E-state index is 13.0. The molecule has 2 heterocycles. The number of rotatable bonds is 7. The maximum atomic E-state index is 13.0. The minimum absolute atomic E-state index is 0.145. The highest BCUT2D eigenvalue weighted by Crippen LogP contribution is 2.19. The smallest absolute Gasteiger partial charge is 0.273 e. The molecule has 0 aliphatic rings. The van der Waals surface area contributed by atoms with Gasteiger partial charge in [-0.2, -0.15) is 5.10 Å². The number of carbonyl (C=O) groups excluding carboxylic acids is 1. The molecule has 4 rings (SSSR count). The van der Waals surface area contributed by atoms with E-state index < -0.39 is 0 Å². The van der Waals surface area contributed by atoms with Crippen molar-refractivity contribution in [1.29, 1.82) is 0 Å². The lowest BCUT2D eigenvalue weighted by Gasteiger charge is -2.09. The van der Waals surface area contributed by atoms with Gasteiger partial charge in [0.25, 0.3) is 5.56 Å². The summed E-state index contributed by atoms with van der Waals surface area (Å²) in [6, 6.07) is 17.1. The van der Waals surface area contributed by atoms with Gasteiger partial charge in [0, 0.05) is 26.4 Å². The first-order chi connectivity index (χ1) is 15.5. The van der Waals surface area contributed by atoms with E-state index in [2.05, 4.69) is 15.4 Å². The van der Waals surface area contributed by atoms with Gasteiger partial charge in [0.2, 0.25) is 5.91 Å². The molecule has 164 valence electrons. The Kier molecular flexibility index (Phi) is 6.02. The van der Waals surface area contributed by atoms with Crippen molar-refractivity contribution >= 4 is 17.1 Å². The molecule has 32 heavy (non-hydrogen) atoms. The number of aromatic nitrogens is 4. The number of hydrogen-bond acceptors (Lipinski definition) is 5. The molecular weight excluding hydrogens is 406 g/mol. The molecular formula is C24H25N5O3. The van der Waals surface area contributed by atoms with Crippen LogP contribution in [0.4, 0.5) is 0 Å². The quantitative estimate of drug-likeness (QED) is 0.486. The zero-order valence-corrected chi connectivity index (χ0v) is 18.3. The third kappa shape index (κ3) is 4.25. The second-order valence-electron chi connectivity index (χ2n) is 7.56. The molecule has 0 fully saturated rings. The fourth-order valence-corrected chi connectivity index (χ4v) is 3.63. The van der Waals surface area contributed by atoms with Gasteiger partial charge in [-0.3, -0.25) is 14.2 Å². The fourth-order valence-electron chi connectivity index (χ4n) is 3.63. The summed E-state index contributed by atoms with van der Waals surface area (Å²) in [5.41, 5.74) is 3.93. The molecule has 0 radical (unpaired) electrons. The van der Waals surface area contributed by atoms with Gasteiger partial charge >= 0.3 is 0 Å². The van der Waals surface area contributed by atoms with Crippen molar-refractivity contribution in [2.24, 2.45) is 7.05 Å². The van der Waals surface area contributed by atoms with Crippen LogP contribution in [0.5, 0.6) is 5.75 Å². The van der Waals surface area contributed by atoms with E-state index >= 15 is 0 Å². The number of carbonyl (C=O) groups is 1. The first-order valence-electron chi connectivity index (χ1n) is 10.4. The molecule has 1 amide bonds. The molecule has 0 spiro atoms. The van der Waals surface area contributed by atoms with Gasteiger partial charge in [0.1, 0.15) is 17.0 Å². The van der Waals surface area contributed by atoms with E-state index in [9.17, 15) is 9.59 Å². The third-order valence-corrected chi connectivity index (χ3v) is 5.33. The van der Waals surface area contributed by atoms with Crippen molar-refractivity contribution in [2.45, 2.75) is 26.3 Å². The Hall–Kier alpha value is -3.94. The van der Waals surface area contributed by atoms with Crippen LogP contribution >= 0.6 is 0 Å². The van der Waals surface area contributed by atoms with E-state index in [0.717, 1.165) is 22.7 Å². The molecule has 0 aliphatic heterocycles. The van der Waals surface area contributed by atoms with Crippen molar-refractivity contribution in [3.8, 4) is 11.4 Å². The number of hydrogen-bond donors (Lipinski definition) is 1. The zero-order valence-electron chi connectivity index (χ0n) is 18.3. The van der Waals surface area contributed by atoms with Gasteiger partial charge in [-0.1, -0.05) is 30.3 Å². The summed E-state index contributed by atoms with van der Waals surface area (Å²) in [5.74, 6) is 0.595. The Morgan fingerprint density at radius 3 is 2.66 bits per heavy atom. The topological polar surface area (TPSA) is 91.0 Å². The summed E-state index contributed by atoms with van der Waals surface area (Å²) in [5, 5.41) is 7.46. The van der Waals surface area contributed by atoms with E-state index in [1.54, 1.807) is 23.4 Å². The number of aryl methyl sites for hydroxylation is 3. The van der Waals surface area contributed by atoms with Crippen molar-refractivity contribution in [3.63, 3.8) is 0 Å². The lowest BCUT2D eigenvalue weighted by Crippen LogP contribution is -2.27. The highest BCUT2D eigenvalue weighted by Gasteiger charge is 2.18. The summed E-state index contributed by atoms with van der Waals surface area (Å²) < 4.78 is 8.48. The average molecular weight is 431 g/mol. The van der Waals surface area contributed by atoms with Gasteiger partial charge < -0.3 is 10.1 Å². The predicted molar refractivity (Wildman–Crippen MR) is 122 cm³/mol. The average Bonchev–Trinajstić information content (AvgIpc) is 3.16. The van der Waals surface area contributed by atoms with Crippen molar-refractivity contribution < 1.29 is 9.53 Å². The molecule has 0 aliphatic carbocycles. The summed E-state index contributed by atoms with van der Waals surface area (Å²) in [6.45, 7) is 2.26. The predicted octanol–water partition coefficient (Wildman–Crippen LogP) is 2.69. The molecule has 2 aromatic carbocycles. The number of ether oxygens (including phenoxy) is 1. The number of nitrogens with zero attached hydrogens (tertiary/aromatic N) is 4. The molecule has 0 saturated heterocycles. The van der Waals surface area contributed by atoms with E-state index in [0.29, 0.717) is 23.4 Å².